The van der Waals surface area contributed by atoms with Gasteiger partial charge in [0.15, 0.2) is 9.80 Å². The van der Waals surface area contributed by atoms with Gasteiger partial charge in [-0.25, -0.2) is 0 Å². The van der Waals surface area contributed by atoms with Gasteiger partial charge in [0.25, 0.3) is 0 Å². The van der Waals surface area contributed by atoms with Crippen molar-refractivity contribution in [2.24, 2.45) is 10.8 Å². The summed E-state index contributed by atoms with van der Waals surface area (Å²) in [6.45, 7) is 12.6. The molecule has 19 heavy (non-hydrogen) atoms. The van der Waals surface area contributed by atoms with Gasteiger partial charge < -0.3 is 0 Å². The van der Waals surface area contributed by atoms with Crippen molar-refractivity contribution in [2.75, 3.05) is 0 Å². The fourth-order valence-corrected chi connectivity index (χ4v) is 6.66. The molecule has 0 N–H and O–H groups in total. The lowest BCUT2D eigenvalue weighted by atomic mass is 9.84. The van der Waals surface area contributed by atoms with E-state index in [2.05, 4.69) is 45.3 Å². The molecule has 0 aromatic heterocycles. The predicted molar refractivity (Wildman–Crippen MR) is 72.9 cm³/mol. The zero-order chi connectivity index (χ0) is 15.1. The van der Waals surface area contributed by atoms with E-state index >= 15 is 0 Å². The first kappa shape index (κ1) is 17.5. The molecule has 1 aliphatic rings. The molecule has 1 heterocycles. The number of halogens is 1. The molecule has 1 unspecified atom stereocenters. The SMILES string of the molecule is CC(C)(C)CC1=C(C(C)(C)C)SS(O[Cl+3]([O-])([O-])[O-])=C1. The van der Waals surface area contributed by atoms with E-state index in [4.69, 9.17) is 0 Å². The van der Waals surface area contributed by atoms with Crippen molar-refractivity contribution in [2.45, 2.75) is 48.0 Å². The van der Waals surface area contributed by atoms with Crippen LogP contribution in [0.1, 0.15) is 48.0 Å². The molecule has 4 nitrogen and oxygen atoms in total. The Kier molecular flexibility index (Phi) is 5.22. The predicted octanol–water partition coefficient (Wildman–Crippen LogP) is 1.28. The average molecular weight is 329 g/mol. The summed E-state index contributed by atoms with van der Waals surface area (Å²) in [4.78, 5) is 1.10. The van der Waals surface area contributed by atoms with Crippen LogP contribution in [0.4, 0.5) is 0 Å². The van der Waals surface area contributed by atoms with Gasteiger partial charge in [-0.05, 0) is 33.6 Å². The van der Waals surface area contributed by atoms with E-state index in [1.807, 2.05) is 0 Å². The first-order valence-electron chi connectivity index (χ1n) is 5.89. The van der Waals surface area contributed by atoms with Crippen LogP contribution in [-0.4, -0.2) is 5.37 Å². The average Bonchev–Trinajstić information content (AvgIpc) is 2.39. The normalized spacial score (nSPS) is 21.8. The zero-order valence-electron chi connectivity index (χ0n) is 12.1. The lowest BCUT2D eigenvalue weighted by molar-refractivity contribution is -1.91. The fourth-order valence-electron chi connectivity index (χ4n) is 1.74. The Hall–Kier alpha value is 0.440. The van der Waals surface area contributed by atoms with Crippen molar-refractivity contribution in [1.29, 1.82) is 0 Å². The first-order valence-corrected chi connectivity index (χ1v) is 9.67. The van der Waals surface area contributed by atoms with Crippen LogP contribution in [0.2, 0.25) is 0 Å². The molecule has 0 radical (unpaired) electrons. The van der Waals surface area contributed by atoms with E-state index in [-0.39, 0.29) is 10.8 Å². The molecule has 112 valence electrons. The van der Waals surface area contributed by atoms with Gasteiger partial charge in [0.2, 0.25) is 0 Å². The highest BCUT2D eigenvalue weighted by atomic mass is 35.7. The number of hydrogen-bond donors (Lipinski definition) is 0. The van der Waals surface area contributed by atoms with Crippen LogP contribution >= 0.6 is 20.6 Å². The topological polar surface area (TPSA) is 78.4 Å². The quantitative estimate of drug-likeness (QED) is 0.576. The Bertz CT molecular complexity index is 411. The van der Waals surface area contributed by atoms with Crippen molar-refractivity contribution >= 4 is 26.0 Å². The third-order valence-corrected chi connectivity index (χ3v) is 6.78. The molecular formula is C12H21ClO4S2. The van der Waals surface area contributed by atoms with Crippen LogP contribution in [0, 0.1) is 21.1 Å². The Morgan fingerprint density at radius 3 is 2.05 bits per heavy atom. The van der Waals surface area contributed by atoms with E-state index in [1.165, 1.54) is 10.8 Å². The Morgan fingerprint density at radius 1 is 1.16 bits per heavy atom. The van der Waals surface area contributed by atoms with Crippen molar-refractivity contribution in [3.05, 3.63) is 10.5 Å². The minimum atomic E-state index is -4.38. The van der Waals surface area contributed by atoms with Crippen LogP contribution in [0.15, 0.2) is 10.5 Å². The first-order chi connectivity index (χ1) is 8.28. The highest BCUT2D eigenvalue weighted by Crippen LogP contribution is 2.54. The van der Waals surface area contributed by atoms with Crippen molar-refractivity contribution in [3.8, 4) is 0 Å². The van der Waals surface area contributed by atoms with Crippen molar-refractivity contribution in [3.63, 3.8) is 0 Å². The summed E-state index contributed by atoms with van der Waals surface area (Å²) in [7, 11) is -4.08. The second-order valence-electron chi connectivity index (χ2n) is 6.74. The maximum absolute atomic E-state index is 10.7. The Morgan fingerprint density at radius 2 is 1.68 bits per heavy atom. The van der Waals surface area contributed by atoms with Crippen LogP contribution in [-0.2, 0) is 3.74 Å². The summed E-state index contributed by atoms with van der Waals surface area (Å²) >= 11 is 0. The molecule has 0 aromatic carbocycles. The molecule has 1 aliphatic heterocycles. The van der Waals surface area contributed by atoms with Gasteiger partial charge in [0, 0.05) is 10.3 Å². The van der Waals surface area contributed by atoms with Crippen molar-refractivity contribution < 1.29 is 28.0 Å². The second kappa shape index (κ2) is 5.67. The van der Waals surface area contributed by atoms with E-state index < -0.39 is 20.0 Å². The monoisotopic (exact) mass is 328 g/mol. The summed E-state index contributed by atoms with van der Waals surface area (Å²) < 4.78 is 36.6. The van der Waals surface area contributed by atoms with Crippen LogP contribution < -0.4 is 14.0 Å². The van der Waals surface area contributed by atoms with Crippen LogP contribution in [0.5, 0.6) is 0 Å². The molecule has 0 saturated heterocycles. The van der Waals surface area contributed by atoms with Gasteiger partial charge in [0.05, 0.1) is 10.2 Å². The number of allylic oxidation sites excluding steroid dienone is 2. The number of rotatable bonds is 3. The molecule has 1 rings (SSSR count). The highest BCUT2D eigenvalue weighted by Gasteiger charge is 2.34. The van der Waals surface area contributed by atoms with Crippen LogP contribution in [0.25, 0.3) is 0 Å². The van der Waals surface area contributed by atoms with Gasteiger partial charge in [-0.15, -0.1) is 0 Å². The molecule has 0 saturated carbocycles. The number of hydrogen-bond acceptors (Lipinski definition) is 5. The van der Waals surface area contributed by atoms with Gasteiger partial charge in [-0.2, -0.15) is 14.0 Å². The maximum atomic E-state index is 10.7. The largest absolute Gasteiger partial charge is 0.182 e. The molecular weight excluding hydrogens is 308 g/mol. The third-order valence-electron chi connectivity index (χ3n) is 2.24. The van der Waals surface area contributed by atoms with E-state index in [9.17, 15) is 14.0 Å². The summed E-state index contributed by atoms with van der Waals surface area (Å²) in [5.41, 5.74) is 1.10. The minimum Gasteiger partial charge on any atom is -0.182 e. The maximum Gasteiger partial charge on any atom is 0.172 e. The lowest BCUT2D eigenvalue weighted by Crippen LogP contribution is -2.59. The summed E-state index contributed by atoms with van der Waals surface area (Å²) in [5.74, 6) is 0. The molecule has 0 amide bonds. The van der Waals surface area contributed by atoms with Crippen LogP contribution in [0.3, 0.4) is 0 Å². The third kappa shape index (κ3) is 6.16. The molecule has 7 heteroatoms. The molecule has 0 aliphatic carbocycles. The lowest BCUT2D eigenvalue weighted by Gasteiger charge is -2.24. The Labute approximate surface area is 123 Å². The molecule has 0 aromatic rings. The molecule has 0 spiro atoms. The smallest absolute Gasteiger partial charge is 0.172 e. The zero-order valence-corrected chi connectivity index (χ0v) is 14.5. The summed E-state index contributed by atoms with van der Waals surface area (Å²) in [6, 6.07) is 0. The van der Waals surface area contributed by atoms with E-state index in [0.29, 0.717) is 0 Å². The fraction of sp³-hybridized carbons (Fsp3) is 0.750. The summed E-state index contributed by atoms with van der Waals surface area (Å²) in [5, 5.41) is 1.78. The van der Waals surface area contributed by atoms with E-state index in [0.717, 1.165) is 16.9 Å². The van der Waals surface area contributed by atoms with Gasteiger partial charge >= 0.3 is 0 Å². The Balaban J connectivity index is 2.98. The van der Waals surface area contributed by atoms with Gasteiger partial charge in [-0.1, -0.05) is 41.5 Å². The highest BCUT2D eigenvalue weighted by molar-refractivity contribution is 8.83. The second-order valence-corrected chi connectivity index (χ2v) is 10.8. The van der Waals surface area contributed by atoms with Gasteiger partial charge in [0.1, 0.15) is 3.74 Å². The standard InChI is InChI=1S/C12H21ClO4S2/c1-11(2,3)7-9-8-19(17-13(14,15)16)18-10(9)12(4,5)6/h8H,7H2,1-6H3. The minimum absolute atomic E-state index is 0.0869. The van der Waals surface area contributed by atoms with Gasteiger partial charge in [-0.3, -0.25) is 0 Å². The van der Waals surface area contributed by atoms with Crippen molar-refractivity contribution in [1.82, 2.24) is 0 Å². The molecule has 0 bridgehead atoms. The molecule has 0 fully saturated rings. The molecule has 1 atom stereocenters. The summed E-state index contributed by atoms with van der Waals surface area (Å²) in [6.07, 6.45) is 0.829. The van der Waals surface area contributed by atoms with E-state index in [1.54, 1.807) is 5.37 Å².